The Balaban J connectivity index is 1.62. The smallest absolute Gasteiger partial charge is 0.234 e. The lowest BCUT2D eigenvalue weighted by Gasteiger charge is -2.35. The van der Waals surface area contributed by atoms with Crippen LogP contribution in [0.2, 0.25) is 0 Å². The second-order valence-corrected chi connectivity index (χ2v) is 7.58. The molecule has 0 aromatic rings. The predicted octanol–water partition coefficient (Wildman–Crippen LogP) is 2.41. The third-order valence-electron chi connectivity index (χ3n) is 5.60. The minimum Gasteiger partial charge on any atom is -0.353 e. The van der Waals surface area contributed by atoms with E-state index in [2.05, 4.69) is 17.1 Å². The van der Waals surface area contributed by atoms with Crippen LogP contribution < -0.4 is 5.32 Å². The Morgan fingerprint density at radius 2 is 1.75 bits per heavy atom. The van der Waals surface area contributed by atoms with Gasteiger partial charge in [-0.25, -0.2) is 0 Å². The number of hydrogen-bond acceptors (Lipinski definition) is 3. The molecule has 138 valence electrons. The van der Waals surface area contributed by atoms with Crippen molar-refractivity contribution in [2.24, 2.45) is 5.92 Å². The van der Waals surface area contributed by atoms with Gasteiger partial charge in [0, 0.05) is 38.6 Å². The Bertz CT molecular complexity index is 399. The molecule has 1 unspecified atom stereocenters. The van der Waals surface area contributed by atoms with E-state index in [0.29, 0.717) is 18.9 Å². The molecule has 2 rings (SSSR count). The van der Waals surface area contributed by atoms with E-state index in [1.165, 1.54) is 32.1 Å². The molecular formula is C19H35N3O2. The van der Waals surface area contributed by atoms with E-state index >= 15 is 0 Å². The third kappa shape index (κ3) is 6.42. The molecule has 1 atom stereocenters. The molecular weight excluding hydrogens is 302 g/mol. The summed E-state index contributed by atoms with van der Waals surface area (Å²) >= 11 is 0. The Morgan fingerprint density at radius 3 is 2.38 bits per heavy atom. The monoisotopic (exact) mass is 337 g/mol. The molecule has 2 aliphatic rings. The molecule has 0 spiro atoms. The van der Waals surface area contributed by atoms with Crippen molar-refractivity contribution in [1.82, 2.24) is 15.1 Å². The van der Waals surface area contributed by atoms with Gasteiger partial charge in [-0.1, -0.05) is 39.0 Å². The van der Waals surface area contributed by atoms with Gasteiger partial charge in [-0.05, 0) is 25.7 Å². The van der Waals surface area contributed by atoms with Crippen molar-refractivity contribution in [2.75, 3.05) is 32.7 Å². The highest BCUT2D eigenvalue weighted by molar-refractivity contribution is 5.78. The Labute approximate surface area is 147 Å². The molecule has 1 heterocycles. The van der Waals surface area contributed by atoms with Gasteiger partial charge in [0.15, 0.2) is 0 Å². The summed E-state index contributed by atoms with van der Waals surface area (Å²) in [5.41, 5.74) is 0. The zero-order chi connectivity index (χ0) is 17.4. The predicted molar refractivity (Wildman–Crippen MR) is 96.7 cm³/mol. The molecule has 1 saturated carbocycles. The van der Waals surface area contributed by atoms with Crippen LogP contribution in [0.1, 0.15) is 65.2 Å². The average molecular weight is 338 g/mol. The number of rotatable bonds is 7. The fourth-order valence-electron chi connectivity index (χ4n) is 3.74. The zero-order valence-corrected chi connectivity index (χ0v) is 15.6. The standard InChI is InChI=1S/C19H35N3O2/c1-3-16(2)20-18(23)15-21-11-13-22(14-12-21)19(24)10-9-17-7-5-4-6-8-17/h16-17H,3-15H2,1-2H3,(H,20,23). The molecule has 24 heavy (non-hydrogen) atoms. The summed E-state index contributed by atoms with van der Waals surface area (Å²) in [5, 5.41) is 3.01. The van der Waals surface area contributed by atoms with E-state index in [4.69, 9.17) is 0 Å². The van der Waals surface area contributed by atoms with Gasteiger partial charge in [-0.15, -0.1) is 0 Å². The van der Waals surface area contributed by atoms with Gasteiger partial charge in [0.1, 0.15) is 0 Å². The first-order chi connectivity index (χ1) is 11.6. The van der Waals surface area contributed by atoms with Crippen molar-refractivity contribution >= 4 is 11.8 Å². The summed E-state index contributed by atoms with van der Waals surface area (Å²) < 4.78 is 0. The van der Waals surface area contributed by atoms with E-state index in [1.807, 2.05) is 11.8 Å². The van der Waals surface area contributed by atoms with Crippen LogP contribution in [0, 0.1) is 5.92 Å². The molecule has 0 aromatic heterocycles. The largest absolute Gasteiger partial charge is 0.353 e. The maximum Gasteiger partial charge on any atom is 0.234 e. The van der Waals surface area contributed by atoms with E-state index in [0.717, 1.165) is 44.9 Å². The molecule has 5 nitrogen and oxygen atoms in total. The van der Waals surface area contributed by atoms with Gasteiger partial charge >= 0.3 is 0 Å². The lowest BCUT2D eigenvalue weighted by atomic mass is 9.86. The molecule has 1 N–H and O–H groups in total. The van der Waals surface area contributed by atoms with Gasteiger partial charge in [-0.2, -0.15) is 0 Å². The molecule has 1 saturated heterocycles. The summed E-state index contributed by atoms with van der Waals surface area (Å²) in [6.45, 7) is 7.70. The van der Waals surface area contributed by atoms with Gasteiger partial charge in [0.2, 0.25) is 11.8 Å². The highest BCUT2D eigenvalue weighted by atomic mass is 16.2. The maximum atomic E-state index is 12.4. The minimum atomic E-state index is 0.0985. The van der Waals surface area contributed by atoms with E-state index < -0.39 is 0 Å². The van der Waals surface area contributed by atoms with Crippen molar-refractivity contribution in [3.63, 3.8) is 0 Å². The van der Waals surface area contributed by atoms with Crippen LogP contribution in [0.3, 0.4) is 0 Å². The first-order valence-electron chi connectivity index (χ1n) is 9.88. The van der Waals surface area contributed by atoms with Crippen LogP contribution in [-0.2, 0) is 9.59 Å². The Kier molecular flexibility index (Phi) is 8.03. The quantitative estimate of drug-likeness (QED) is 0.776. The van der Waals surface area contributed by atoms with Crippen LogP contribution in [-0.4, -0.2) is 60.4 Å². The van der Waals surface area contributed by atoms with Gasteiger partial charge in [0.25, 0.3) is 0 Å². The number of carbonyl (C=O) groups is 2. The number of piperazine rings is 1. The lowest BCUT2D eigenvalue weighted by molar-refractivity contribution is -0.133. The summed E-state index contributed by atoms with van der Waals surface area (Å²) in [5.74, 6) is 1.18. The van der Waals surface area contributed by atoms with Crippen LogP contribution >= 0.6 is 0 Å². The maximum absolute atomic E-state index is 12.4. The van der Waals surface area contributed by atoms with Gasteiger partial charge in [-0.3, -0.25) is 14.5 Å². The fourth-order valence-corrected chi connectivity index (χ4v) is 3.74. The van der Waals surface area contributed by atoms with Crippen molar-refractivity contribution in [3.8, 4) is 0 Å². The SMILES string of the molecule is CCC(C)NC(=O)CN1CCN(C(=O)CCC2CCCCC2)CC1. The number of nitrogens with zero attached hydrogens (tertiary/aromatic N) is 2. The number of amides is 2. The fraction of sp³-hybridized carbons (Fsp3) is 0.895. The summed E-state index contributed by atoms with van der Waals surface area (Å²) in [6, 6.07) is 0.236. The molecule has 5 heteroatoms. The highest BCUT2D eigenvalue weighted by Gasteiger charge is 2.23. The Hall–Kier alpha value is -1.10. The number of nitrogens with one attached hydrogen (secondary N) is 1. The molecule has 0 bridgehead atoms. The minimum absolute atomic E-state index is 0.0985. The summed E-state index contributed by atoms with van der Waals surface area (Å²) in [6.07, 6.45) is 9.41. The summed E-state index contributed by atoms with van der Waals surface area (Å²) in [7, 11) is 0. The normalized spacial score (nSPS) is 21.5. The molecule has 0 radical (unpaired) electrons. The first kappa shape index (κ1) is 19.2. The number of hydrogen-bond donors (Lipinski definition) is 1. The highest BCUT2D eigenvalue weighted by Crippen LogP contribution is 2.27. The van der Waals surface area contributed by atoms with Gasteiger partial charge < -0.3 is 10.2 Å². The van der Waals surface area contributed by atoms with Crippen molar-refractivity contribution in [3.05, 3.63) is 0 Å². The van der Waals surface area contributed by atoms with Crippen LogP contribution in [0.25, 0.3) is 0 Å². The van der Waals surface area contributed by atoms with E-state index in [1.54, 1.807) is 0 Å². The molecule has 0 aromatic carbocycles. The third-order valence-corrected chi connectivity index (χ3v) is 5.60. The van der Waals surface area contributed by atoms with E-state index in [9.17, 15) is 9.59 Å². The van der Waals surface area contributed by atoms with Crippen LogP contribution in [0.5, 0.6) is 0 Å². The second kappa shape index (κ2) is 10.0. The lowest BCUT2D eigenvalue weighted by Crippen LogP contribution is -2.51. The summed E-state index contributed by atoms with van der Waals surface area (Å²) in [4.78, 5) is 28.5. The van der Waals surface area contributed by atoms with Gasteiger partial charge in [0.05, 0.1) is 6.54 Å². The van der Waals surface area contributed by atoms with Crippen molar-refractivity contribution in [2.45, 2.75) is 71.3 Å². The molecule has 1 aliphatic carbocycles. The van der Waals surface area contributed by atoms with E-state index in [-0.39, 0.29) is 11.9 Å². The zero-order valence-electron chi connectivity index (χ0n) is 15.6. The van der Waals surface area contributed by atoms with Crippen LogP contribution in [0.15, 0.2) is 0 Å². The molecule has 1 aliphatic heterocycles. The topological polar surface area (TPSA) is 52.7 Å². The second-order valence-electron chi connectivity index (χ2n) is 7.58. The molecule has 2 fully saturated rings. The molecule has 2 amide bonds. The first-order valence-corrected chi connectivity index (χ1v) is 9.88. The Morgan fingerprint density at radius 1 is 1.08 bits per heavy atom. The number of carbonyl (C=O) groups excluding carboxylic acids is 2. The van der Waals surface area contributed by atoms with Crippen LogP contribution in [0.4, 0.5) is 0 Å². The average Bonchev–Trinajstić information content (AvgIpc) is 2.61. The van der Waals surface area contributed by atoms with Crippen molar-refractivity contribution in [1.29, 1.82) is 0 Å². The van der Waals surface area contributed by atoms with Crippen molar-refractivity contribution < 1.29 is 9.59 Å².